The lowest BCUT2D eigenvalue weighted by Gasteiger charge is -2.15. The Kier molecular flexibility index (Phi) is 6.51. The van der Waals surface area contributed by atoms with Gasteiger partial charge in [-0.2, -0.15) is 0 Å². The second-order valence-electron chi connectivity index (χ2n) is 2.78. The highest BCUT2D eigenvalue weighted by atomic mass is 16.5. The minimum absolute atomic E-state index is 0.0422. The number of ether oxygens (including phenoxy) is 1. The molecule has 0 heterocycles. The molecule has 3 heteroatoms. The minimum atomic E-state index is -0.444. The largest absolute Gasteiger partial charge is 0.394 e. The van der Waals surface area contributed by atoms with E-state index < -0.39 is 6.10 Å². The van der Waals surface area contributed by atoms with Crippen molar-refractivity contribution in [2.45, 2.75) is 38.9 Å². The summed E-state index contributed by atoms with van der Waals surface area (Å²) in [5.41, 5.74) is 0. The smallest absolute Gasteiger partial charge is 0.0807 e. The zero-order valence-electron chi connectivity index (χ0n) is 7.29. The number of aliphatic hydroxyl groups is 2. The maximum atomic E-state index is 8.86. The maximum absolute atomic E-state index is 8.86. The van der Waals surface area contributed by atoms with E-state index in [0.717, 1.165) is 12.8 Å². The predicted octanol–water partition coefficient (Wildman–Crippen LogP) is 0.545. The third-order valence-electron chi connectivity index (χ3n) is 1.39. The van der Waals surface area contributed by atoms with Crippen LogP contribution in [0.25, 0.3) is 0 Å². The second-order valence-corrected chi connectivity index (χ2v) is 2.78. The van der Waals surface area contributed by atoms with Crippen molar-refractivity contribution in [3.05, 3.63) is 0 Å². The molecular weight excluding hydrogens is 144 g/mol. The molecule has 0 aromatic heterocycles. The Morgan fingerprint density at radius 3 is 2.45 bits per heavy atom. The van der Waals surface area contributed by atoms with Gasteiger partial charge in [-0.05, 0) is 13.3 Å². The molecule has 0 aromatic rings. The summed E-state index contributed by atoms with van der Waals surface area (Å²) in [6.07, 6.45) is 1.30. The van der Waals surface area contributed by atoms with Crippen LogP contribution in [0.1, 0.15) is 26.7 Å². The van der Waals surface area contributed by atoms with Gasteiger partial charge >= 0.3 is 0 Å². The average molecular weight is 162 g/mol. The molecule has 0 bridgehead atoms. The first-order chi connectivity index (χ1) is 5.20. The Morgan fingerprint density at radius 2 is 2.09 bits per heavy atom. The number of rotatable bonds is 6. The van der Waals surface area contributed by atoms with E-state index in [1.165, 1.54) is 0 Å². The van der Waals surface area contributed by atoms with Crippen LogP contribution in [-0.2, 0) is 4.74 Å². The lowest BCUT2D eigenvalue weighted by Crippen LogP contribution is -2.22. The molecule has 0 rings (SSSR count). The van der Waals surface area contributed by atoms with Crippen LogP contribution in [0.3, 0.4) is 0 Å². The molecule has 0 aliphatic heterocycles. The SMILES string of the molecule is CCCC(CO)OCC(C)O. The van der Waals surface area contributed by atoms with Gasteiger partial charge in [0.25, 0.3) is 0 Å². The van der Waals surface area contributed by atoms with Gasteiger partial charge in [0.1, 0.15) is 0 Å². The summed E-state index contributed by atoms with van der Waals surface area (Å²) in [5.74, 6) is 0. The summed E-state index contributed by atoms with van der Waals surface area (Å²) in [4.78, 5) is 0. The summed E-state index contributed by atoms with van der Waals surface area (Å²) >= 11 is 0. The van der Waals surface area contributed by atoms with E-state index >= 15 is 0 Å². The van der Waals surface area contributed by atoms with Crippen LogP contribution in [0.4, 0.5) is 0 Å². The van der Waals surface area contributed by atoms with Crippen molar-refractivity contribution in [3.8, 4) is 0 Å². The highest BCUT2D eigenvalue weighted by Gasteiger charge is 2.06. The van der Waals surface area contributed by atoms with Gasteiger partial charge in [0, 0.05) is 0 Å². The van der Waals surface area contributed by atoms with Crippen LogP contribution in [-0.4, -0.2) is 35.6 Å². The molecule has 0 spiro atoms. The normalized spacial score (nSPS) is 16.4. The Balaban J connectivity index is 3.35. The van der Waals surface area contributed by atoms with Crippen molar-refractivity contribution in [2.75, 3.05) is 13.2 Å². The van der Waals surface area contributed by atoms with Gasteiger partial charge in [0.05, 0.1) is 25.4 Å². The quantitative estimate of drug-likeness (QED) is 0.599. The third-order valence-corrected chi connectivity index (χ3v) is 1.39. The second kappa shape index (κ2) is 6.58. The molecule has 0 fully saturated rings. The molecule has 2 unspecified atom stereocenters. The van der Waals surface area contributed by atoms with E-state index in [9.17, 15) is 0 Å². The average Bonchev–Trinajstić information content (AvgIpc) is 1.97. The van der Waals surface area contributed by atoms with Crippen LogP contribution in [0.5, 0.6) is 0 Å². The molecular formula is C8H18O3. The van der Waals surface area contributed by atoms with Crippen LogP contribution in [0, 0.1) is 0 Å². The molecule has 0 radical (unpaired) electrons. The third kappa shape index (κ3) is 6.28. The van der Waals surface area contributed by atoms with Crippen LogP contribution in [0.2, 0.25) is 0 Å². The molecule has 3 nitrogen and oxygen atoms in total. The zero-order chi connectivity index (χ0) is 8.69. The Hall–Kier alpha value is -0.120. The molecule has 0 saturated carbocycles. The molecule has 0 aliphatic rings. The van der Waals surface area contributed by atoms with Gasteiger partial charge in [-0.1, -0.05) is 13.3 Å². The molecule has 2 atom stereocenters. The molecule has 0 saturated heterocycles. The molecule has 2 N–H and O–H groups in total. The number of hydrogen-bond donors (Lipinski definition) is 2. The number of hydrogen-bond acceptors (Lipinski definition) is 3. The first-order valence-corrected chi connectivity index (χ1v) is 4.11. The summed E-state index contributed by atoms with van der Waals surface area (Å²) in [6.45, 7) is 4.06. The van der Waals surface area contributed by atoms with Crippen LogP contribution in [0.15, 0.2) is 0 Å². The summed E-state index contributed by atoms with van der Waals surface area (Å²) in [6, 6.07) is 0. The van der Waals surface area contributed by atoms with Gasteiger partial charge < -0.3 is 14.9 Å². The Bertz CT molecular complexity index is 83.4. The first-order valence-electron chi connectivity index (χ1n) is 4.11. The van der Waals surface area contributed by atoms with Crippen molar-refractivity contribution >= 4 is 0 Å². The highest BCUT2D eigenvalue weighted by molar-refractivity contribution is 4.55. The maximum Gasteiger partial charge on any atom is 0.0807 e. The Morgan fingerprint density at radius 1 is 1.45 bits per heavy atom. The van der Waals surface area contributed by atoms with Gasteiger partial charge in [0.15, 0.2) is 0 Å². The van der Waals surface area contributed by atoms with E-state index in [1.54, 1.807) is 6.92 Å². The van der Waals surface area contributed by atoms with Gasteiger partial charge in [-0.3, -0.25) is 0 Å². The Labute approximate surface area is 68.0 Å². The number of aliphatic hydroxyl groups excluding tert-OH is 2. The van der Waals surface area contributed by atoms with Gasteiger partial charge in [0.2, 0.25) is 0 Å². The fourth-order valence-corrected chi connectivity index (χ4v) is 0.825. The van der Waals surface area contributed by atoms with Gasteiger partial charge in [-0.25, -0.2) is 0 Å². The first kappa shape index (κ1) is 10.9. The van der Waals surface area contributed by atoms with Crippen molar-refractivity contribution in [1.29, 1.82) is 0 Å². The van der Waals surface area contributed by atoms with E-state index in [-0.39, 0.29) is 12.7 Å². The highest BCUT2D eigenvalue weighted by Crippen LogP contribution is 2.01. The lowest BCUT2D eigenvalue weighted by molar-refractivity contribution is -0.0302. The van der Waals surface area contributed by atoms with Crippen molar-refractivity contribution in [3.63, 3.8) is 0 Å². The van der Waals surface area contributed by atoms with Crippen molar-refractivity contribution in [2.24, 2.45) is 0 Å². The van der Waals surface area contributed by atoms with Crippen LogP contribution < -0.4 is 0 Å². The molecule has 0 aromatic carbocycles. The van der Waals surface area contributed by atoms with Crippen molar-refractivity contribution in [1.82, 2.24) is 0 Å². The van der Waals surface area contributed by atoms with Crippen molar-refractivity contribution < 1.29 is 14.9 Å². The summed E-state index contributed by atoms with van der Waals surface area (Å²) in [5, 5.41) is 17.6. The van der Waals surface area contributed by atoms with E-state index in [1.807, 2.05) is 6.92 Å². The fraction of sp³-hybridized carbons (Fsp3) is 1.00. The zero-order valence-corrected chi connectivity index (χ0v) is 7.29. The molecule has 11 heavy (non-hydrogen) atoms. The predicted molar refractivity (Wildman–Crippen MR) is 43.4 cm³/mol. The van der Waals surface area contributed by atoms with E-state index in [0.29, 0.717) is 6.61 Å². The lowest BCUT2D eigenvalue weighted by atomic mass is 10.2. The standard InChI is InChI=1S/C8H18O3/c1-3-4-8(5-9)11-6-7(2)10/h7-10H,3-6H2,1-2H3. The summed E-state index contributed by atoms with van der Waals surface area (Å²) < 4.78 is 5.19. The van der Waals surface area contributed by atoms with Crippen LogP contribution >= 0.6 is 0 Å². The van der Waals surface area contributed by atoms with E-state index in [4.69, 9.17) is 14.9 Å². The monoisotopic (exact) mass is 162 g/mol. The van der Waals surface area contributed by atoms with E-state index in [2.05, 4.69) is 0 Å². The molecule has 68 valence electrons. The van der Waals surface area contributed by atoms with Gasteiger partial charge in [-0.15, -0.1) is 0 Å². The topological polar surface area (TPSA) is 49.7 Å². The minimum Gasteiger partial charge on any atom is -0.394 e. The summed E-state index contributed by atoms with van der Waals surface area (Å²) in [7, 11) is 0. The molecule has 0 aliphatic carbocycles. The molecule has 0 amide bonds. The fourth-order valence-electron chi connectivity index (χ4n) is 0.825.